The fourth-order valence-corrected chi connectivity index (χ4v) is 2.23. The molecule has 106 valence electrons. The minimum atomic E-state index is -4.64. The van der Waals surface area contributed by atoms with E-state index in [0.29, 0.717) is 6.07 Å². The summed E-state index contributed by atoms with van der Waals surface area (Å²) in [5.74, 6) is -0.460. The molecular formula is C12H5Cl3F3NO. The lowest BCUT2D eigenvalue weighted by atomic mass is 10.1. The van der Waals surface area contributed by atoms with E-state index in [-0.39, 0.29) is 26.3 Å². The first-order chi connectivity index (χ1) is 9.20. The molecule has 0 spiro atoms. The predicted molar refractivity (Wildman–Crippen MR) is 71.4 cm³/mol. The van der Waals surface area contributed by atoms with Crippen molar-refractivity contribution in [3.63, 3.8) is 0 Å². The Kier molecular flexibility index (Phi) is 4.04. The van der Waals surface area contributed by atoms with Crippen molar-refractivity contribution >= 4 is 34.8 Å². The minimum absolute atomic E-state index is 0.0211. The van der Waals surface area contributed by atoms with E-state index in [1.807, 2.05) is 0 Å². The first-order valence-electron chi connectivity index (χ1n) is 5.12. The molecule has 0 atom stereocenters. The molecular weight excluding hydrogens is 337 g/mol. The highest BCUT2D eigenvalue weighted by atomic mass is 35.5. The average Bonchev–Trinajstić information content (AvgIpc) is 2.33. The quantitative estimate of drug-likeness (QED) is 0.701. The van der Waals surface area contributed by atoms with Gasteiger partial charge in [-0.2, -0.15) is 13.2 Å². The van der Waals surface area contributed by atoms with Gasteiger partial charge in [-0.05, 0) is 24.3 Å². The lowest BCUT2D eigenvalue weighted by Crippen LogP contribution is -2.08. The minimum Gasteiger partial charge on any atom is -0.506 e. The van der Waals surface area contributed by atoms with Crippen LogP contribution < -0.4 is 0 Å². The molecule has 0 amide bonds. The number of halogens is 6. The van der Waals surface area contributed by atoms with Crippen LogP contribution in [-0.2, 0) is 6.18 Å². The van der Waals surface area contributed by atoms with E-state index in [1.54, 1.807) is 0 Å². The molecule has 2 nitrogen and oxygen atoms in total. The topological polar surface area (TPSA) is 33.1 Å². The molecule has 0 saturated heterocycles. The monoisotopic (exact) mass is 341 g/mol. The highest BCUT2D eigenvalue weighted by molar-refractivity contribution is 6.45. The molecule has 1 N–H and O–H groups in total. The summed E-state index contributed by atoms with van der Waals surface area (Å²) in [6.07, 6.45) is -4.64. The second-order valence-electron chi connectivity index (χ2n) is 3.81. The summed E-state index contributed by atoms with van der Waals surface area (Å²) >= 11 is 17.5. The van der Waals surface area contributed by atoms with Crippen LogP contribution in [0.4, 0.5) is 13.2 Å². The Balaban J connectivity index is 2.70. The van der Waals surface area contributed by atoms with Gasteiger partial charge in [0.2, 0.25) is 0 Å². The van der Waals surface area contributed by atoms with Crippen molar-refractivity contribution in [3.05, 3.63) is 45.0 Å². The van der Waals surface area contributed by atoms with Crippen molar-refractivity contribution in [3.8, 4) is 17.0 Å². The van der Waals surface area contributed by atoms with E-state index in [2.05, 4.69) is 4.98 Å². The van der Waals surface area contributed by atoms with Crippen LogP contribution in [0.2, 0.25) is 15.1 Å². The molecule has 0 unspecified atom stereocenters. The molecule has 2 rings (SSSR count). The highest BCUT2D eigenvalue weighted by Crippen LogP contribution is 2.40. The Labute approximate surface area is 126 Å². The molecule has 1 aromatic heterocycles. The fraction of sp³-hybridized carbons (Fsp3) is 0.0833. The van der Waals surface area contributed by atoms with Crippen LogP contribution in [0.3, 0.4) is 0 Å². The van der Waals surface area contributed by atoms with Crippen molar-refractivity contribution in [2.45, 2.75) is 6.18 Å². The lowest BCUT2D eigenvalue weighted by molar-refractivity contribution is -0.141. The average molecular weight is 343 g/mol. The van der Waals surface area contributed by atoms with Crippen molar-refractivity contribution in [2.24, 2.45) is 0 Å². The SMILES string of the molecule is Oc1ccc(C(F)(F)F)nc1-c1cc(Cl)cc(Cl)c1Cl. The molecule has 8 heteroatoms. The molecule has 0 aliphatic rings. The molecule has 1 heterocycles. The van der Waals surface area contributed by atoms with Gasteiger partial charge in [-0.3, -0.25) is 0 Å². The highest BCUT2D eigenvalue weighted by Gasteiger charge is 2.33. The third-order valence-electron chi connectivity index (χ3n) is 2.41. The molecule has 2 aromatic rings. The van der Waals surface area contributed by atoms with Crippen LogP contribution in [0.5, 0.6) is 5.75 Å². The number of rotatable bonds is 1. The molecule has 0 aliphatic carbocycles. The number of hydrogen-bond donors (Lipinski definition) is 1. The van der Waals surface area contributed by atoms with E-state index in [1.165, 1.54) is 12.1 Å². The number of alkyl halides is 3. The summed E-state index contributed by atoms with van der Waals surface area (Å²) in [5, 5.41) is 9.85. The van der Waals surface area contributed by atoms with Gasteiger partial charge < -0.3 is 5.11 Å². The summed E-state index contributed by atoms with van der Waals surface area (Å²) in [6.45, 7) is 0. The predicted octanol–water partition coefficient (Wildman–Crippen LogP) is 5.43. The number of aromatic hydroxyl groups is 1. The van der Waals surface area contributed by atoms with Crippen molar-refractivity contribution in [1.29, 1.82) is 0 Å². The molecule has 20 heavy (non-hydrogen) atoms. The Bertz CT molecular complexity index is 674. The maximum atomic E-state index is 12.6. The Morgan fingerprint density at radius 1 is 1.05 bits per heavy atom. The van der Waals surface area contributed by atoms with Gasteiger partial charge in [-0.25, -0.2) is 4.98 Å². The number of pyridine rings is 1. The lowest BCUT2D eigenvalue weighted by Gasteiger charge is -2.11. The summed E-state index contributed by atoms with van der Waals surface area (Å²) in [6, 6.07) is 4.16. The zero-order valence-corrected chi connectivity index (χ0v) is 11.7. The van der Waals surface area contributed by atoms with Gasteiger partial charge in [0.25, 0.3) is 0 Å². The fourth-order valence-electron chi connectivity index (χ4n) is 1.54. The maximum Gasteiger partial charge on any atom is 0.433 e. The zero-order chi connectivity index (χ0) is 15.1. The van der Waals surface area contributed by atoms with Crippen LogP contribution in [0.25, 0.3) is 11.3 Å². The summed E-state index contributed by atoms with van der Waals surface area (Å²) in [5.41, 5.74) is -1.47. The molecule has 0 bridgehead atoms. The van der Waals surface area contributed by atoms with E-state index in [4.69, 9.17) is 34.8 Å². The normalized spacial score (nSPS) is 11.7. The van der Waals surface area contributed by atoms with E-state index in [9.17, 15) is 18.3 Å². The smallest absolute Gasteiger partial charge is 0.433 e. The molecule has 0 radical (unpaired) electrons. The van der Waals surface area contributed by atoms with Crippen LogP contribution in [0, 0.1) is 0 Å². The second-order valence-corrected chi connectivity index (χ2v) is 5.03. The zero-order valence-electron chi connectivity index (χ0n) is 9.47. The molecule has 1 aromatic carbocycles. The maximum absolute atomic E-state index is 12.6. The van der Waals surface area contributed by atoms with Gasteiger partial charge in [0.15, 0.2) is 0 Å². The molecule has 0 fully saturated rings. The first-order valence-corrected chi connectivity index (χ1v) is 6.25. The first kappa shape index (κ1) is 15.2. The molecule has 0 saturated carbocycles. The van der Waals surface area contributed by atoms with Gasteiger partial charge in [-0.15, -0.1) is 0 Å². The van der Waals surface area contributed by atoms with Gasteiger partial charge in [0.1, 0.15) is 17.1 Å². The largest absolute Gasteiger partial charge is 0.506 e. The summed E-state index contributed by atoms with van der Waals surface area (Å²) in [7, 11) is 0. The third-order valence-corrected chi connectivity index (χ3v) is 3.43. The molecule has 0 aliphatic heterocycles. The number of nitrogens with zero attached hydrogens (tertiary/aromatic N) is 1. The van der Waals surface area contributed by atoms with Crippen LogP contribution >= 0.6 is 34.8 Å². The number of aromatic nitrogens is 1. The second kappa shape index (κ2) is 5.31. The Morgan fingerprint density at radius 2 is 1.70 bits per heavy atom. The van der Waals surface area contributed by atoms with Gasteiger partial charge in [0, 0.05) is 10.6 Å². The van der Waals surface area contributed by atoms with Crippen LogP contribution in [0.15, 0.2) is 24.3 Å². The standard InChI is InChI=1S/C12H5Cl3F3NO/c13-5-3-6(10(15)7(14)4-5)11-8(20)1-2-9(19-11)12(16,17)18/h1-4,20H. The van der Waals surface area contributed by atoms with Crippen molar-refractivity contribution in [1.82, 2.24) is 4.98 Å². The number of benzene rings is 1. The van der Waals surface area contributed by atoms with Gasteiger partial charge in [-0.1, -0.05) is 34.8 Å². The van der Waals surface area contributed by atoms with Crippen molar-refractivity contribution in [2.75, 3.05) is 0 Å². The Morgan fingerprint density at radius 3 is 2.30 bits per heavy atom. The number of hydrogen-bond acceptors (Lipinski definition) is 2. The summed E-state index contributed by atoms with van der Waals surface area (Å²) < 4.78 is 37.9. The van der Waals surface area contributed by atoms with Crippen LogP contribution in [0.1, 0.15) is 5.69 Å². The summed E-state index contributed by atoms with van der Waals surface area (Å²) in [4.78, 5) is 3.38. The Hall–Kier alpha value is -1.17. The third kappa shape index (κ3) is 2.95. The van der Waals surface area contributed by atoms with Crippen molar-refractivity contribution < 1.29 is 18.3 Å². The van der Waals surface area contributed by atoms with Gasteiger partial charge >= 0.3 is 6.18 Å². The van der Waals surface area contributed by atoms with E-state index in [0.717, 1.165) is 6.07 Å². The van der Waals surface area contributed by atoms with E-state index < -0.39 is 17.6 Å². The van der Waals surface area contributed by atoms with Gasteiger partial charge in [0.05, 0.1) is 10.0 Å². The van der Waals surface area contributed by atoms with E-state index >= 15 is 0 Å². The van der Waals surface area contributed by atoms with Crippen LogP contribution in [-0.4, -0.2) is 10.1 Å².